The highest BCUT2D eigenvalue weighted by atomic mass is 79.9. The Hall–Kier alpha value is -0.250. The Morgan fingerprint density at radius 1 is 1.29 bits per heavy atom. The number of halogens is 4. The zero-order chi connectivity index (χ0) is 13.2. The summed E-state index contributed by atoms with van der Waals surface area (Å²) in [5.74, 6) is 0. The number of benzene rings is 1. The molecule has 1 aromatic rings. The number of rotatable bonds is 4. The van der Waals surface area contributed by atoms with E-state index in [2.05, 4.69) is 31.9 Å². The second-order valence-electron chi connectivity index (χ2n) is 3.06. The van der Waals surface area contributed by atoms with E-state index in [1.54, 1.807) is 4.72 Å². The first-order valence-electron chi connectivity index (χ1n) is 4.26. The Morgan fingerprint density at radius 3 is 2.18 bits per heavy atom. The molecule has 0 unspecified atom stereocenters. The molecule has 0 saturated heterocycles. The molecule has 0 saturated carbocycles. The van der Waals surface area contributed by atoms with Crippen LogP contribution in [0.25, 0.3) is 0 Å². The third kappa shape index (κ3) is 3.87. The van der Waals surface area contributed by atoms with Gasteiger partial charge in [-0.05, 0) is 44.0 Å². The van der Waals surface area contributed by atoms with Gasteiger partial charge in [0.25, 0.3) is 6.43 Å². The molecular weight excluding hydrogens is 386 g/mol. The maximum Gasteiger partial charge on any atom is 0.251 e. The van der Waals surface area contributed by atoms with Crippen LogP contribution >= 0.6 is 31.9 Å². The molecular formula is C8H8Br2F2N2O2S. The van der Waals surface area contributed by atoms with Crippen LogP contribution in [-0.2, 0) is 10.0 Å². The van der Waals surface area contributed by atoms with E-state index in [1.807, 2.05) is 0 Å². The predicted molar refractivity (Wildman–Crippen MR) is 67.4 cm³/mol. The van der Waals surface area contributed by atoms with E-state index in [-0.39, 0.29) is 13.8 Å². The summed E-state index contributed by atoms with van der Waals surface area (Å²) in [6.45, 7) is -0.939. The van der Waals surface area contributed by atoms with Gasteiger partial charge in [-0.25, -0.2) is 21.9 Å². The fourth-order valence-corrected chi connectivity index (χ4v) is 4.70. The van der Waals surface area contributed by atoms with Gasteiger partial charge < -0.3 is 5.73 Å². The molecule has 0 aromatic heterocycles. The molecule has 0 aliphatic rings. The summed E-state index contributed by atoms with van der Waals surface area (Å²) in [7, 11) is -4.01. The summed E-state index contributed by atoms with van der Waals surface area (Å²) in [5, 5.41) is 0. The van der Waals surface area contributed by atoms with Crippen molar-refractivity contribution in [2.24, 2.45) is 0 Å². The molecule has 1 aromatic carbocycles. The number of nitrogens with two attached hydrogens (primary N) is 1. The van der Waals surface area contributed by atoms with Crippen molar-refractivity contribution < 1.29 is 17.2 Å². The Morgan fingerprint density at radius 2 is 1.76 bits per heavy atom. The molecule has 0 atom stereocenters. The van der Waals surface area contributed by atoms with Gasteiger partial charge >= 0.3 is 0 Å². The zero-order valence-corrected chi connectivity index (χ0v) is 12.2. The average Bonchev–Trinajstić information content (AvgIpc) is 2.12. The van der Waals surface area contributed by atoms with Crippen LogP contribution in [0, 0.1) is 0 Å². The lowest BCUT2D eigenvalue weighted by Gasteiger charge is -2.10. The molecule has 0 aliphatic heterocycles. The summed E-state index contributed by atoms with van der Waals surface area (Å²) in [6.07, 6.45) is -2.75. The van der Waals surface area contributed by atoms with Crippen molar-refractivity contribution >= 4 is 47.6 Å². The fraction of sp³-hybridized carbons (Fsp3) is 0.250. The first-order valence-corrected chi connectivity index (χ1v) is 7.33. The number of hydrogen-bond donors (Lipinski definition) is 2. The SMILES string of the molecule is Nc1cc(Br)c(S(=O)(=O)NCC(F)F)c(Br)c1. The third-order valence-electron chi connectivity index (χ3n) is 1.72. The molecule has 9 heteroatoms. The average molecular weight is 394 g/mol. The molecule has 0 radical (unpaired) electrons. The highest BCUT2D eigenvalue weighted by molar-refractivity contribution is 9.11. The number of sulfonamides is 1. The predicted octanol–water partition coefficient (Wildman–Crippen LogP) is 2.34. The molecule has 0 spiro atoms. The van der Waals surface area contributed by atoms with E-state index in [0.29, 0.717) is 5.69 Å². The lowest BCUT2D eigenvalue weighted by Crippen LogP contribution is -2.29. The van der Waals surface area contributed by atoms with Crippen molar-refractivity contribution in [1.82, 2.24) is 4.72 Å². The highest BCUT2D eigenvalue weighted by Crippen LogP contribution is 2.32. The lowest BCUT2D eigenvalue weighted by molar-refractivity contribution is 0.153. The Bertz CT molecular complexity index is 499. The fourth-order valence-electron chi connectivity index (χ4n) is 1.08. The van der Waals surface area contributed by atoms with Crippen molar-refractivity contribution in [1.29, 1.82) is 0 Å². The van der Waals surface area contributed by atoms with Crippen LogP contribution in [0.3, 0.4) is 0 Å². The number of anilines is 1. The Balaban J connectivity index is 3.16. The van der Waals surface area contributed by atoms with Crippen LogP contribution in [0.2, 0.25) is 0 Å². The number of alkyl halides is 2. The maximum atomic E-state index is 12.0. The largest absolute Gasteiger partial charge is 0.399 e. The molecule has 17 heavy (non-hydrogen) atoms. The first kappa shape index (κ1) is 14.8. The lowest BCUT2D eigenvalue weighted by atomic mass is 10.3. The molecule has 0 heterocycles. The van der Waals surface area contributed by atoms with Crippen molar-refractivity contribution in [3.63, 3.8) is 0 Å². The van der Waals surface area contributed by atoms with Crippen LogP contribution in [0.15, 0.2) is 26.0 Å². The van der Waals surface area contributed by atoms with E-state index in [0.717, 1.165) is 0 Å². The van der Waals surface area contributed by atoms with Gasteiger partial charge in [0.2, 0.25) is 10.0 Å². The number of nitrogens with one attached hydrogen (secondary N) is 1. The van der Waals surface area contributed by atoms with E-state index >= 15 is 0 Å². The second kappa shape index (κ2) is 5.59. The van der Waals surface area contributed by atoms with Crippen LogP contribution in [0.5, 0.6) is 0 Å². The Labute approximate surface area is 114 Å². The normalized spacial score (nSPS) is 12.1. The first-order chi connectivity index (χ1) is 7.74. The molecule has 0 amide bonds. The van der Waals surface area contributed by atoms with Crippen molar-refractivity contribution in [3.05, 3.63) is 21.1 Å². The van der Waals surface area contributed by atoms with Gasteiger partial charge in [0.05, 0.1) is 6.54 Å². The molecule has 0 aliphatic carbocycles. The molecule has 0 bridgehead atoms. The summed E-state index contributed by atoms with van der Waals surface area (Å²) in [4.78, 5) is -0.160. The molecule has 3 N–H and O–H groups in total. The minimum atomic E-state index is -4.01. The molecule has 4 nitrogen and oxygen atoms in total. The smallest absolute Gasteiger partial charge is 0.251 e. The van der Waals surface area contributed by atoms with Crippen LogP contribution in [0.1, 0.15) is 0 Å². The van der Waals surface area contributed by atoms with E-state index in [9.17, 15) is 17.2 Å². The minimum absolute atomic E-state index is 0.160. The minimum Gasteiger partial charge on any atom is -0.399 e. The summed E-state index contributed by atoms with van der Waals surface area (Å²) >= 11 is 6.05. The van der Waals surface area contributed by atoms with Gasteiger partial charge in [0.15, 0.2) is 0 Å². The van der Waals surface area contributed by atoms with E-state index < -0.39 is 23.0 Å². The van der Waals surface area contributed by atoms with E-state index in [1.165, 1.54) is 12.1 Å². The summed E-state index contributed by atoms with van der Waals surface area (Å²) in [5.41, 5.74) is 5.84. The highest BCUT2D eigenvalue weighted by Gasteiger charge is 2.22. The molecule has 1 rings (SSSR count). The quantitative estimate of drug-likeness (QED) is 0.771. The zero-order valence-electron chi connectivity index (χ0n) is 8.25. The standard InChI is InChI=1S/C8H8Br2F2N2O2S/c9-5-1-4(13)2-6(10)8(5)17(15,16)14-3-7(11)12/h1-2,7,14H,3,13H2. The van der Waals surface area contributed by atoms with E-state index in [4.69, 9.17) is 5.73 Å². The van der Waals surface area contributed by atoms with Crippen molar-refractivity contribution in [2.75, 3.05) is 12.3 Å². The van der Waals surface area contributed by atoms with Crippen LogP contribution in [-0.4, -0.2) is 21.4 Å². The molecule has 0 fully saturated rings. The maximum absolute atomic E-state index is 12.0. The second-order valence-corrected chi connectivity index (χ2v) is 6.47. The van der Waals surface area contributed by atoms with Crippen LogP contribution in [0.4, 0.5) is 14.5 Å². The summed E-state index contributed by atoms with van der Waals surface area (Å²) in [6, 6.07) is 2.75. The van der Waals surface area contributed by atoms with Gasteiger partial charge in [0, 0.05) is 14.6 Å². The third-order valence-corrected chi connectivity index (χ3v) is 5.02. The van der Waals surface area contributed by atoms with Crippen molar-refractivity contribution in [2.45, 2.75) is 11.3 Å². The number of hydrogen-bond acceptors (Lipinski definition) is 3. The summed E-state index contributed by atoms with van der Waals surface area (Å²) < 4.78 is 49.6. The van der Waals surface area contributed by atoms with Gasteiger partial charge in [-0.2, -0.15) is 0 Å². The van der Waals surface area contributed by atoms with Gasteiger partial charge in [0.1, 0.15) is 4.90 Å². The van der Waals surface area contributed by atoms with Crippen LogP contribution < -0.4 is 10.5 Å². The Kier molecular flexibility index (Phi) is 4.87. The van der Waals surface area contributed by atoms with Gasteiger partial charge in [-0.1, -0.05) is 0 Å². The monoisotopic (exact) mass is 392 g/mol. The molecule has 96 valence electrons. The number of nitrogen functional groups attached to an aromatic ring is 1. The van der Waals surface area contributed by atoms with Gasteiger partial charge in [-0.15, -0.1) is 0 Å². The van der Waals surface area contributed by atoms with Crippen molar-refractivity contribution in [3.8, 4) is 0 Å². The topological polar surface area (TPSA) is 72.2 Å². The van der Waals surface area contributed by atoms with Gasteiger partial charge in [-0.3, -0.25) is 0 Å².